The molecule has 1 aliphatic carbocycles. The summed E-state index contributed by atoms with van der Waals surface area (Å²) < 4.78 is 17.0. The Hall–Kier alpha value is -2.69. The van der Waals surface area contributed by atoms with Gasteiger partial charge in [0.1, 0.15) is 6.61 Å². The zero-order valence-electron chi connectivity index (χ0n) is 17.8. The van der Waals surface area contributed by atoms with E-state index < -0.39 is 0 Å². The van der Waals surface area contributed by atoms with Crippen LogP contribution in [-0.4, -0.2) is 38.1 Å². The molecule has 1 fully saturated rings. The summed E-state index contributed by atoms with van der Waals surface area (Å²) in [7, 11) is 5.04. The second-order valence-corrected chi connectivity index (χ2v) is 7.81. The number of hydrogen-bond acceptors (Lipinski definition) is 4. The van der Waals surface area contributed by atoms with Crippen LogP contribution in [-0.2, 0) is 6.61 Å². The van der Waals surface area contributed by atoms with Crippen molar-refractivity contribution < 1.29 is 19.0 Å². The Balaban J connectivity index is 1.80. The second kappa shape index (κ2) is 9.68. The molecule has 0 radical (unpaired) electrons. The van der Waals surface area contributed by atoms with E-state index in [1.807, 2.05) is 42.3 Å². The summed E-state index contributed by atoms with van der Waals surface area (Å²) in [5.74, 6) is 2.22. The number of amides is 1. The molecule has 0 atom stereocenters. The van der Waals surface area contributed by atoms with Crippen LogP contribution in [0.2, 0.25) is 0 Å². The van der Waals surface area contributed by atoms with Crippen LogP contribution in [0.5, 0.6) is 17.2 Å². The molecule has 2 aromatic carbocycles. The third kappa shape index (κ3) is 5.03. The van der Waals surface area contributed by atoms with E-state index in [0.29, 0.717) is 29.4 Å². The molecular formula is C24H31NO4. The van der Waals surface area contributed by atoms with Gasteiger partial charge in [0, 0.05) is 18.7 Å². The number of hydrogen-bond donors (Lipinski definition) is 0. The maximum absolute atomic E-state index is 13.1. The molecule has 0 unspecified atom stereocenters. The average Bonchev–Trinajstić information content (AvgIpc) is 2.77. The minimum atomic E-state index is -0.0178. The largest absolute Gasteiger partial charge is 0.493 e. The Morgan fingerprint density at radius 1 is 1.00 bits per heavy atom. The van der Waals surface area contributed by atoms with Crippen molar-refractivity contribution in [2.24, 2.45) is 5.92 Å². The van der Waals surface area contributed by atoms with Crippen LogP contribution in [0, 0.1) is 5.92 Å². The smallest absolute Gasteiger partial charge is 0.254 e. The van der Waals surface area contributed by atoms with E-state index in [-0.39, 0.29) is 11.9 Å². The summed E-state index contributed by atoms with van der Waals surface area (Å²) in [6.07, 6.45) is 4.44. The molecule has 3 rings (SSSR count). The van der Waals surface area contributed by atoms with Gasteiger partial charge in [-0.05, 0) is 49.3 Å². The first kappa shape index (κ1) is 21.0. The first-order valence-electron chi connectivity index (χ1n) is 10.2. The molecule has 0 heterocycles. The Morgan fingerprint density at radius 2 is 1.59 bits per heavy atom. The van der Waals surface area contributed by atoms with Crippen LogP contribution < -0.4 is 14.2 Å². The normalized spacial score (nSPS) is 18.8. The number of carbonyl (C=O) groups is 1. The van der Waals surface area contributed by atoms with Crippen LogP contribution in [0.25, 0.3) is 0 Å². The maximum Gasteiger partial charge on any atom is 0.254 e. The molecule has 0 saturated heterocycles. The summed E-state index contributed by atoms with van der Waals surface area (Å²) in [5, 5.41) is 0. The van der Waals surface area contributed by atoms with E-state index >= 15 is 0 Å². The van der Waals surface area contributed by atoms with Gasteiger partial charge in [0.2, 0.25) is 5.75 Å². The van der Waals surface area contributed by atoms with Gasteiger partial charge in [-0.1, -0.05) is 37.3 Å². The first-order valence-corrected chi connectivity index (χ1v) is 10.2. The van der Waals surface area contributed by atoms with Crippen LogP contribution in [0.3, 0.4) is 0 Å². The van der Waals surface area contributed by atoms with Crippen LogP contribution in [0.1, 0.15) is 48.5 Å². The Morgan fingerprint density at radius 3 is 2.14 bits per heavy atom. The fourth-order valence-electron chi connectivity index (χ4n) is 3.87. The van der Waals surface area contributed by atoms with E-state index in [9.17, 15) is 4.79 Å². The van der Waals surface area contributed by atoms with E-state index in [0.717, 1.165) is 24.3 Å². The summed E-state index contributed by atoms with van der Waals surface area (Å²) >= 11 is 0. The Bertz CT molecular complexity index is 788. The topological polar surface area (TPSA) is 48.0 Å². The van der Waals surface area contributed by atoms with Gasteiger partial charge in [-0.15, -0.1) is 0 Å². The SMILES string of the molecule is COc1cc(C(=O)N(C)C2CCC(C)CC2)cc(OC)c1OCc1ccccc1. The monoisotopic (exact) mass is 397 g/mol. The molecule has 0 aliphatic heterocycles. The lowest BCUT2D eigenvalue weighted by molar-refractivity contribution is 0.0678. The molecule has 29 heavy (non-hydrogen) atoms. The molecule has 1 saturated carbocycles. The van der Waals surface area contributed by atoms with Gasteiger partial charge in [0.25, 0.3) is 5.91 Å². The zero-order chi connectivity index (χ0) is 20.8. The molecule has 0 bridgehead atoms. The number of carbonyl (C=O) groups excluding carboxylic acids is 1. The zero-order valence-corrected chi connectivity index (χ0v) is 17.8. The standard InChI is InChI=1S/C24H31NO4/c1-17-10-12-20(13-11-17)25(2)24(26)19-14-21(27-3)23(22(15-19)28-4)29-16-18-8-6-5-7-9-18/h5-9,14-15,17,20H,10-13,16H2,1-4H3. The lowest BCUT2D eigenvalue weighted by Gasteiger charge is -2.33. The molecule has 2 aromatic rings. The first-order chi connectivity index (χ1) is 14.0. The third-order valence-corrected chi connectivity index (χ3v) is 5.79. The third-order valence-electron chi connectivity index (χ3n) is 5.79. The number of ether oxygens (including phenoxy) is 3. The minimum absolute atomic E-state index is 0.0178. The molecule has 5 nitrogen and oxygen atoms in total. The highest BCUT2D eigenvalue weighted by atomic mass is 16.5. The van der Waals surface area contributed by atoms with Crippen LogP contribution in [0.15, 0.2) is 42.5 Å². The average molecular weight is 398 g/mol. The van der Waals surface area contributed by atoms with E-state index in [2.05, 4.69) is 6.92 Å². The van der Waals surface area contributed by atoms with E-state index in [4.69, 9.17) is 14.2 Å². The summed E-state index contributed by atoms with van der Waals surface area (Å²) in [6, 6.07) is 13.7. The summed E-state index contributed by atoms with van der Waals surface area (Å²) in [6.45, 7) is 2.67. The van der Waals surface area contributed by atoms with Gasteiger partial charge in [-0.25, -0.2) is 0 Å². The predicted octanol–water partition coefficient (Wildman–Crippen LogP) is 4.93. The van der Waals surface area contributed by atoms with Crippen molar-refractivity contribution >= 4 is 5.91 Å². The minimum Gasteiger partial charge on any atom is -0.493 e. The van der Waals surface area contributed by atoms with E-state index in [1.54, 1.807) is 26.4 Å². The number of benzene rings is 2. The number of methoxy groups -OCH3 is 2. The van der Waals surface area contributed by atoms with Gasteiger partial charge in [-0.2, -0.15) is 0 Å². The molecule has 0 aromatic heterocycles. The molecule has 1 amide bonds. The summed E-state index contributed by atoms with van der Waals surface area (Å²) in [5.41, 5.74) is 1.59. The van der Waals surface area contributed by atoms with Crippen molar-refractivity contribution in [3.8, 4) is 17.2 Å². The van der Waals surface area contributed by atoms with Gasteiger partial charge >= 0.3 is 0 Å². The highest BCUT2D eigenvalue weighted by molar-refractivity contribution is 5.95. The Kier molecular flexibility index (Phi) is 7.02. The highest BCUT2D eigenvalue weighted by Gasteiger charge is 2.27. The predicted molar refractivity (Wildman–Crippen MR) is 114 cm³/mol. The van der Waals surface area contributed by atoms with Gasteiger partial charge in [0.05, 0.1) is 14.2 Å². The van der Waals surface area contributed by atoms with E-state index in [1.165, 1.54) is 12.8 Å². The van der Waals surface area contributed by atoms with Crippen molar-refractivity contribution in [3.63, 3.8) is 0 Å². The number of rotatable bonds is 7. The van der Waals surface area contributed by atoms with Crippen LogP contribution >= 0.6 is 0 Å². The summed E-state index contributed by atoms with van der Waals surface area (Å²) in [4.78, 5) is 15.0. The molecule has 0 spiro atoms. The second-order valence-electron chi connectivity index (χ2n) is 7.81. The van der Waals surface area contributed by atoms with Crippen molar-refractivity contribution in [1.82, 2.24) is 4.90 Å². The molecule has 5 heteroatoms. The fraction of sp³-hybridized carbons (Fsp3) is 0.458. The molecular weight excluding hydrogens is 366 g/mol. The lowest BCUT2D eigenvalue weighted by Crippen LogP contribution is -2.39. The van der Waals surface area contributed by atoms with Crippen LogP contribution in [0.4, 0.5) is 0 Å². The van der Waals surface area contributed by atoms with Crippen molar-refractivity contribution in [1.29, 1.82) is 0 Å². The molecule has 1 aliphatic rings. The van der Waals surface area contributed by atoms with Crippen molar-refractivity contribution in [3.05, 3.63) is 53.6 Å². The maximum atomic E-state index is 13.1. The fourth-order valence-corrected chi connectivity index (χ4v) is 3.87. The molecule has 0 N–H and O–H groups in total. The molecule has 156 valence electrons. The number of nitrogens with zero attached hydrogens (tertiary/aromatic N) is 1. The lowest BCUT2D eigenvalue weighted by atomic mass is 9.86. The Labute approximate surface area is 173 Å². The van der Waals surface area contributed by atoms with Crippen molar-refractivity contribution in [2.75, 3.05) is 21.3 Å². The van der Waals surface area contributed by atoms with Crippen molar-refractivity contribution in [2.45, 2.75) is 45.3 Å². The van der Waals surface area contributed by atoms with Gasteiger partial charge in [0.15, 0.2) is 11.5 Å². The van der Waals surface area contributed by atoms with Gasteiger partial charge in [-0.3, -0.25) is 4.79 Å². The van der Waals surface area contributed by atoms with Gasteiger partial charge < -0.3 is 19.1 Å². The quantitative estimate of drug-likeness (QED) is 0.664. The highest BCUT2D eigenvalue weighted by Crippen LogP contribution is 2.39.